The monoisotopic (exact) mass is 2070 g/mol. The summed E-state index contributed by atoms with van der Waals surface area (Å²) >= 11 is 1.20. The van der Waals surface area contributed by atoms with Gasteiger partial charge in [0.15, 0.2) is 0 Å². The van der Waals surface area contributed by atoms with Gasteiger partial charge in [0.25, 0.3) is 29.5 Å². The number of halogens is 12. The molecule has 1 fully saturated rings. The van der Waals surface area contributed by atoms with Gasteiger partial charge in [-0.05, 0) is 211 Å². The van der Waals surface area contributed by atoms with E-state index in [0.29, 0.717) is 91.2 Å². The zero-order valence-corrected chi connectivity index (χ0v) is 80.2. The Morgan fingerprint density at radius 2 is 0.701 bits per heavy atom. The molecule has 0 bridgehead atoms. The zero-order valence-electron chi connectivity index (χ0n) is 76.9. The maximum atomic E-state index is 13.8. The molecule has 12 aromatic carbocycles. The third-order valence-electron chi connectivity index (χ3n) is 23.5. The van der Waals surface area contributed by atoms with Crippen LogP contribution in [0.1, 0.15) is 70.0 Å². The van der Waals surface area contributed by atoms with Crippen LogP contribution in [0, 0.1) is 0 Å². The van der Waals surface area contributed by atoms with Crippen molar-refractivity contribution in [2.24, 2.45) is 10.3 Å². The number of aromatic nitrogens is 12. The van der Waals surface area contributed by atoms with Crippen LogP contribution in [-0.2, 0) is 51.3 Å². The Morgan fingerprint density at radius 3 is 1.13 bits per heavy atom. The van der Waals surface area contributed by atoms with Crippen LogP contribution < -0.4 is 10.3 Å². The second-order valence-electron chi connectivity index (χ2n) is 33.9. The minimum atomic E-state index is -4.59. The van der Waals surface area contributed by atoms with Crippen LogP contribution in [0.25, 0.3) is 179 Å². The number of hydrogen-bond donors (Lipinski definition) is 4. The summed E-state index contributed by atoms with van der Waals surface area (Å²) in [4.78, 5) is 29.0. The van der Waals surface area contributed by atoms with E-state index in [0.717, 1.165) is 68.3 Å². The first-order chi connectivity index (χ1) is 70.4. The van der Waals surface area contributed by atoms with Crippen LogP contribution in [0.2, 0.25) is 0 Å². The molecule has 9 aromatic heterocycles. The van der Waals surface area contributed by atoms with Gasteiger partial charge in [-0.1, -0.05) is 227 Å². The molecule has 21 aromatic rings. The standard InChI is InChI=1S/C24H20F3N3O.C21H14F3N3O3S.2C21H12F3N3OS.C20H21N3O3S/c1-30(2)15-16-8-10-18(11-9-16)22-28-23(31-29-22)19-12-13-20(17-6-4-3-5-7-17)21(14-19)24(25,26)27;22-21(23,24)18-12-15(8-11-17(18)13-4-2-1-3-5-13)20-26-19(27-30-20)14-6-9-16(10-7-14)31(25,28)29;22-21(23,24)18-15(12-5-2-1-3-6-12)11-17(29-18)20-26-19(27-28-20)14-7-4-8-16-13(14)9-10-25-16;22-21(23,24)18-15(12-4-2-1-3-5-12)11-17(29-18)20-26-19(27-28-20)14-6-7-16-13(10-14)8-9-25-16;21-27(24,25)18-12-10-16(11-13-18)19-22-20(26-23-19)17-8-6-15(7-9-17)14-4-2-1-3-5-14/h3-14H,15H2,1-2H3;1-12H,(H2,25,28,29);2*1-11,25H;6-14H,1-5H2,(H2,21,24,25). The zero-order chi connectivity index (χ0) is 103. The first-order valence-electron chi connectivity index (χ1n) is 44.9. The Morgan fingerprint density at radius 1 is 0.333 bits per heavy atom. The molecule has 0 aliphatic heterocycles. The first-order valence-corrected chi connectivity index (χ1v) is 49.7. The van der Waals surface area contributed by atoms with Gasteiger partial charge in [0.2, 0.25) is 49.2 Å². The predicted molar refractivity (Wildman–Crippen MR) is 533 cm³/mol. The van der Waals surface area contributed by atoms with Crippen molar-refractivity contribution in [2.45, 2.75) is 79.1 Å². The van der Waals surface area contributed by atoms with Gasteiger partial charge in [-0.25, -0.2) is 27.1 Å². The number of benzene rings is 12. The van der Waals surface area contributed by atoms with Crippen LogP contribution in [0.4, 0.5) is 52.7 Å². The van der Waals surface area contributed by atoms with E-state index in [-0.39, 0.29) is 82.3 Å². The van der Waals surface area contributed by atoms with Gasteiger partial charge in [0.1, 0.15) is 9.75 Å². The molecule has 744 valence electrons. The molecule has 6 N–H and O–H groups in total. The summed E-state index contributed by atoms with van der Waals surface area (Å²) in [7, 11) is -3.61. The molecule has 1 saturated carbocycles. The summed E-state index contributed by atoms with van der Waals surface area (Å²) in [5.41, 5.74) is 9.53. The number of sulfonamides is 2. The van der Waals surface area contributed by atoms with Crippen molar-refractivity contribution in [3.63, 3.8) is 0 Å². The van der Waals surface area contributed by atoms with Gasteiger partial charge in [0.05, 0.1) is 30.7 Å². The van der Waals surface area contributed by atoms with Gasteiger partial charge >= 0.3 is 24.7 Å². The normalized spacial score (nSPS) is 12.7. The Labute approximate surface area is 837 Å². The molecule has 0 spiro atoms. The first kappa shape index (κ1) is 101. The van der Waals surface area contributed by atoms with Gasteiger partial charge in [-0.3, -0.25) is 0 Å². The summed E-state index contributed by atoms with van der Waals surface area (Å²) < 4.78 is 236. The van der Waals surface area contributed by atoms with Crippen molar-refractivity contribution in [3.8, 4) is 157 Å². The molecule has 0 saturated heterocycles. The Balaban J connectivity index is 0.000000120. The van der Waals surface area contributed by atoms with Crippen LogP contribution >= 0.6 is 22.7 Å². The summed E-state index contributed by atoms with van der Waals surface area (Å²) in [5.74, 6) is 2.63. The molecule has 24 nitrogen and oxygen atoms in total. The highest BCUT2D eigenvalue weighted by molar-refractivity contribution is 7.89. The molecule has 40 heteroatoms. The second-order valence-corrected chi connectivity index (χ2v) is 39.1. The van der Waals surface area contributed by atoms with E-state index in [1.807, 2.05) is 105 Å². The smallest absolute Gasteiger partial charge is 0.361 e. The van der Waals surface area contributed by atoms with Gasteiger partial charge in [-0.15, -0.1) is 22.7 Å². The van der Waals surface area contributed by atoms with E-state index in [2.05, 4.69) is 77.7 Å². The molecule has 9 heterocycles. The predicted octanol–water partition coefficient (Wildman–Crippen LogP) is 28.3. The average molecular weight is 2080 g/mol. The number of thiophene rings is 2. The average Bonchev–Trinajstić information content (AvgIpc) is 1.63. The number of primary sulfonamides is 2. The largest absolute Gasteiger partial charge is 0.426 e. The molecule has 0 amide bonds. The van der Waals surface area contributed by atoms with Crippen molar-refractivity contribution < 1.29 is 92.1 Å². The Kier molecular flexibility index (Phi) is 29.2. The number of nitrogens with one attached hydrogen (secondary N) is 2. The molecular formula is C107H79F12N15O9S4. The number of rotatable bonds is 19. The second kappa shape index (κ2) is 42.6. The quantitative estimate of drug-likeness (QED) is 0.0546. The minimum Gasteiger partial charge on any atom is -0.361 e. The van der Waals surface area contributed by atoms with Crippen molar-refractivity contribution >= 4 is 64.5 Å². The third-order valence-corrected chi connectivity index (χ3v) is 27.7. The van der Waals surface area contributed by atoms with E-state index in [4.69, 9.17) is 32.9 Å². The lowest BCUT2D eigenvalue weighted by Crippen LogP contribution is -2.11. The highest BCUT2D eigenvalue weighted by Crippen LogP contribution is 2.50. The van der Waals surface area contributed by atoms with E-state index >= 15 is 0 Å². The lowest BCUT2D eigenvalue weighted by atomic mass is 9.84. The van der Waals surface area contributed by atoms with Crippen LogP contribution in [0.3, 0.4) is 0 Å². The summed E-state index contributed by atoms with van der Waals surface area (Å²) in [6, 6.07) is 86.9. The van der Waals surface area contributed by atoms with E-state index < -0.39 is 65.6 Å². The number of aromatic amines is 2. The number of nitrogens with two attached hydrogens (primary N) is 2. The maximum Gasteiger partial charge on any atom is 0.426 e. The fourth-order valence-electron chi connectivity index (χ4n) is 16.4. The number of H-pyrrole nitrogens is 2. The van der Waals surface area contributed by atoms with Crippen molar-refractivity contribution in [3.05, 3.63) is 360 Å². The van der Waals surface area contributed by atoms with Crippen LogP contribution in [0.15, 0.2) is 360 Å². The summed E-state index contributed by atoms with van der Waals surface area (Å²) in [6.07, 6.45) is -7.95. The van der Waals surface area contributed by atoms with E-state index in [9.17, 15) is 69.5 Å². The number of fused-ring (bicyclic) bond motifs is 2. The molecule has 22 rings (SSSR count). The van der Waals surface area contributed by atoms with E-state index in [1.165, 1.54) is 104 Å². The van der Waals surface area contributed by atoms with Crippen LogP contribution in [0.5, 0.6) is 0 Å². The molecule has 1 aliphatic carbocycles. The molecular weight excluding hydrogens is 2000 g/mol. The van der Waals surface area contributed by atoms with Crippen molar-refractivity contribution in [1.29, 1.82) is 0 Å². The molecule has 0 atom stereocenters. The summed E-state index contributed by atoms with van der Waals surface area (Å²) in [5, 5.41) is 31.7. The van der Waals surface area contributed by atoms with E-state index in [1.54, 1.807) is 146 Å². The fraction of sp³-hybridized carbons (Fsp3) is 0.121. The molecule has 0 radical (unpaired) electrons. The Bertz CT molecular complexity index is 8400. The van der Waals surface area contributed by atoms with Gasteiger partial charge < -0.3 is 37.5 Å². The molecule has 147 heavy (non-hydrogen) atoms. The number of nitrogens with zero attached hydrogens (tertiary/aromatic N) is 11. The SMILES string of the molecule is CN(C)Cc1ccc(-c2noc(-c3ccc(-c4ccccc4)c(C(F)(F)F)c3)n2)cc1.FC(F)(F)c1sc(-c2nc(-c3ccc4[nH]ccc4c3)no2)cc1-c1ccccc1.FC(F)(F)c1sc(-c2nc(-c3cccc4[nH]ccc34)no2)cc1-c1ccccc1.NS(=O)(=O)c1ccc(-c2noc(-c3ccc(-c4ccccc4)c(C(F)(F)F)c3)n2)cc1.NS(=O)(=O)c1ccc(-c2noc(-c3ccc(C4CCCCC4)cc3)n2)cc1. The molecule has 0 unspecified atom stereocenters. The lowest BCUT2D eigenvalue weighted by Gasteiger charge is -2.21. The highest BCUT2D eigenvalue weighted by Gasteiger charge is 2.41. The molecule has 1 aliphatic rings. The van der Waals surface area contributed by atoms with Gasteiger partial charge in [-0.2, -0.15) is 77.6 Å². The van der Waals surface area contributed by atoms with Crippen molar-refractivity contribution in [1.82, 2.24) is 65.6 Å². The minimum absolute atomic E-state index is 0.0372. The topological polar surface area (TPSA) is 350 Å². The highest BCUT2D eigenvalue weighted by atomic mass is 32.2. The van der Waals surface area contributed by atoms with Crippen LogP contribution in [-0.4, -0.2) is 96.5 Å². The van der Waals surface area contributed by atoms with Crippen molar-refractivity contribution in [2.75, 3.05) is 14.1 Å². The number of alkyl halides is 12. The lowest BCUT2D eigenvalue weighted by molar-refractivity contribution is -0.137. The third kappa shape index (κ3) is 23.9. The number of hydrogen-bond acceptors (Lipinski definition) is 22. The van der Waals surface area contributed by atoms with Gasteiger partial charge in [0, 0.05) is 96.4 Å². The summed E-state index contributed by atoms with van der Waals surface area (Å²) in [6.45, 7) is 0.797. The Hall–Kier alpha value is -16.2. The fourth-order valence-corrected chi connectivity index (χ4v) is 19.4. The maximum absolute atomic E-state index is 13.8.